The maximum absolute atomic E-state index is 12.1. The minimum absolute atomic E-state index is 0.00453. The van der Waals surface area contributed by atoms with E-state index < -0.39 is 5.41 Å². The standard InChI is InChI=1S/C19H21N3O/c1-19(2,3)18(23)21-15-8-6-13-9-12-5-7-14(20-4)10-16(12)22-17(13)11-15/h5-11,20H,1-4H3,(H,21,23). The van der Waals surface area contributed by atoms with Crippen LogP contribution in [0.1, 0.15) is 20.8 Å². The van der Waals surface area contributed by atoms with Gasteiger partial charge in [-0.2, -0.15) is 0 Å². The molecular weight excluding hydrogens is 286 g/mol. The molecule has 0 bridgehead atoms. The van der Waals surface area contributed by atoms with Crippen molar-refractivity contribution in [2.24, 2.45) is 5.41 Å². The van der Waals surface area contributed by atoms with Crippen LogP contribution in [0.25, 0.3) is 21.8 Å². The van der Waals surface area contributed by atoms with Crippen LogP contribution in [0.4, 0.5) is 11.4 Å². The van der Waals surface area contributed by atoms with Gasteiger partial charge < -0.3 is 10.6 Å². The highest BCUT2D eigenvalue weighted by Gasteiger charge is 2.21. The first-order chi connectivity index (χ1) is 10.9. The lowest BCUT2D eigenvalue weighted by Gasteiger charge is -2.17. The summed E-state index contributed by atoms with van der Waals surface area (Å²) in [7, 11) is 1.89. The summed E-state index contributed by atoms with van der Waals surface area (Å²) in [6.45, 7) is 5.69. The topological polar surface area (TPSA) is 54.0 Å². The van der Waals surface area contributed by atoms with Crippen molar-refractivity contribution in [3.8, 4) is 0 Å². The molecule has 1 amide bonds. The van der Waals surface area contributed by atoms with Gasteiger partial charge in [-0.1, -0.05) is 32.9 Å². The first-order valence-electron chi connectivity index (χ1n) is 7.70. The van der Waals surface area contributed by atoms with Gasteiger partial charge >= 0.3 is 0 Å². The molecule has 0 saturated heterocycles. The Labute approximate surface area is 135 Å². The third kappa shape index (κ3) is 3.11. The SMILES string of the molecule is CNc1ccc2cc3ccc(NC(=O)C(C)(C)C)cc3nc2c1. The van der Waals surface area contributed by atoms with Gasteiger partial charge in [0.2, 0.25) is 5.91 Å². The van der Waals surface area contributed by atoms with Crippen molar-refractivity contribution >= 4 is 39.1 Å². The van der Waals surface area contributed by atoms with Crippen LogP contribution in [0.15, 0.2) is 42.5 Å². The second-order valence-corrected chi connectivity index (χ2v) is 6.76. The molecule has 2 aromatic carbocycles. The molecule has 0 spiro atoms. The van der Waals surface area contributed by atoms with E-state index in [0.29, 0.717) is 0 Å². The number of carbonyl (C=O) groups is 1. The van der Waals surface area contributed by atoms with Crippen molar-refractivity contribution in [3.05, 3.63) is 42.5 Å². The first kappa shape index (κ1) is 15.3. The number of nitrogens with one attached hydrogen (secondary N) is 2. The summed E-state index contributed by atoms with van der Waals surface area (Å²) in [5, 5.41) is 8.24. The molecule has 3 aromatic rings. The molecule has 0 atom stereocenters. The number of nitrogens with zero attached hydrogens (tertiary/aromatic N) is 1. The molecular formula is C19H21N3O. The van der Waals surface area contributed by atoms with E-state index in [-0.39, 0.29) is 5.91 Å². The molecule has 1 heterocycles. The Hall–Kier alpha value is -2.62. The molecule has 0 aliphatic carbocycles. The molecule has 0 saturated carbocycles. The Balaban J connectivity index is 2.04. The van der Waals surface area contributed by atoms with Crippen molar-refractivity contribution in [2.45, 2.75) is 20.8 Å². The van der Waals surface area contributed by atoms with E-state index in [4.69, 9.17) is 4.98 Å². The first-order valence-corrected chi connectivity index (χ1v) is 7.70. The number of hydrogen-bond donors (Lipinski definition) is 2. The van der Waals surface area contributed by atoms with E-state index in [1.165, 1.54) is 0 Å². The predicted octanol–water partition coefficient (Wildman–Crippen LogP) is 4.41. The molecule has 0 unspecified atom stereocenters. The van der Waals surface area contributed by atoms with Crippen LogP contribution in [-0.4, -0.2) is 17.9 Å². The molecule has 118 valence electrons. The summed E-state index contributed by atoms with van der Waals surface area (Å²) in [4.78, 5) is 16.9. The Morgan fingerprint density at radius 1 is 0.913 bits per heavy atom. The maximum atomic E-state index is 12.1. The van der Waals surface area contributed by atoms with Gasteiger partial charge in [0.15, 0.2) is 0 Å². The number of fused-ring (bicyclic) bond motifs is 2. The Morgan fingerprint density at radius 2 is 1.48 bits per heavy atom. The number of carbonyl (C=O) groups excluding carboxylic acids is 1. The Kier molecular flexibility index (Phi) is 3.68. The minimum Gasteiger partial charge on any atom is -0.388 e. The lowest BCUT2D eigenvalue weighted by atomic mass is 9.95. The fourth-order valence-electron chi connectivity index (χ4n) is 2.37. The van der Waals surface area contributed by atoms with Gasteiger partial charge in [0.1, 0.15) is 0 Å². The van der Waals surface area contributed by atoms with Gasteiger partial charge in [0.25, 0.3) is 0 Å². The zero-order chi connectivity index (χ0) is 16.6. The highest BCUT2D eigenvalue weighted by atomic mass is 16.2. The van der Waals surface area contributed by atoms with Gasteiger partial charge in [-0.05, 0) is 30.3 Å². The number of pyridine rings is 1. The van der Waals surface area contributed by atoms with Gasteiger partial charge in [-0.25, -0.2) is 4.98 Å². The smallest absolute Gasteiger partial charge is 0.229 e. The van der Waals surface area contributed by atoms with Crippen LogP contribution < -0.4 is 10.6 Å². The lowest BCUT2D eigenvalue weighted by Crippen LogP contribution is -2.27. The number of benzene rings is 2. The quantitative estimate of drug-likeness (QED) is 0.689. The van der Waals surface area contributed by atoms with Crippen molar-refractivity contribution in [1.29, 1.82) is 0 Å². The molecule has 4 nitrogen and oxygen atoms in total. The van der Waals surface area contributed by atoms with Crippen molar-refractivity contribution < 1.29 is 4.79 Å². The van der Waals surface area contributed by atoms with E-state index in [2.05, 4.69) is 22.8 Å². The van der Waals surface area contributed by atoms with Crippen LogP contribution in [0.5, 0.6) is 0 Å². The molecule has 0 fully saturated rings. The summed E-state index contributed by atoms with van der Waals surface area (Å²) in [6.07, 6.45) is 0. The second kappa shape index (κ2) is 5.54. The molecule has 0 radical (unpaired) electrons. The van der Waals surface area contributed by atoms with Crippen molar-refractivity contribution in [1.82, 2.24) is 4.98 Å². The molecule has 2 N–H and O–H groups in total. The molecule has 0 aliphatic heterocycles. The summed E-state index contributed by atoms with van der Waals surface area (Å²) >= 11 is 0. The van der Waals surface area contributed by atoms with Crippen molar-refractivity contribution in [3.63, 3.8) is 0 Å². The largest absolute Gasteiger partial charge is 0.388 e. The average molecular weight is 307 g/mol. The third-order valence-electron chi connectivity index (χ3n) is 3.84. The normalized spacial score (nSPS) is 11.7. The number of rotatable bonds is 2. The fourth-order valence-corrected chi connectivity index (χ4v) is 2.37. The van der Waals surface area contributed by atoms with E-state index in [0.717, 1.165) is 33.2 Å². The highest BCUT2D eigenvalue weighted by molar-refractivity contribution is 5.99. The minimum atomic E-state index is -0.423. The molecule has 0 aliphatic rings. The number of anilines is 2. The van der Waals surface area contributed by atoms with Crippen LogP contribution in [0, 0.1) is 5.41 Å². The second-order valence-electron chi connectivity index (χ2n) is 6.76. The highest BCUT2D eigenvalue weighted by Crippen LogP contribution is 2.25. The molecule has 3 rings (SSSR count). The van der Waals surface area contributed by atoms with Crippen LogP contribution in [0.3, 0.4) is 0 Å². The summed E-state index contributed by atoms with van der Waals surface area (Å²) in [5.41, 5.74) is 3.18. The van der Waals surface area contributed by atoms with Gasteiger partial charge in [-0.15, -0.1) is 0 Å². The number of hydrogen-bond acceptors (Lipinski definition) is 3. The van der Waals surface area contributed by atoms with E-state index in [1.807, 2.05) is 58.2 Å². The van der Waals surface area contributed by atoms with E-state index >= 15 is 0 Å². The van der Waals surface area contributed by atoms with Gasteiger partial charge in [0, 0.05) is 34.6 Å². The monoisotopic (exact) mass is 307 g/mol. The maximum Gasteiger partial charge on any atom is 0.229 e. The summed E-state index contributed by atoms with van der Waals surface area (Å²) < 4.78 is 0. The van der Waals surface area contributed by atoms with E-state index in [1.54, 1.807) is 0 Å². The number of aromatic nitrogens is 1. The lowest BCUT2D eigenvalue weighted by molar-refractivity contribution is -0.123. The van der Waals surface area contributed by atoms with Crippen LogP contribution >= 0.6 is 0 Å². The van der Waals surface area contributed by atoms with Crippen molar-refractivity contribution in [2.75, 3.05) is 17.7 Å². The zero-order valence-electron chi connectivity index (χ0n) is 13.9. The van der Waals surface area contributed by atoms with Crippen LogP contribution in [-0.2, 0) is 4.79 Å². The van der Waals surface area contributed by atoms with Gasteiger partial charge in [-0.3, -0.25) is 4.79 Å². The Bertz CT molecular complexity index is 894. The third-order valence-corrected chi connectivity index (χ3v) is 3.84. The van der Waals surface area contributed by atoms with Crippen LogP contribution in [0.2, 0.25) is 0 Å². The molecule has 23 heavy (non-hydrogen) atoms. The average Bonchev–Trinajstić information content (AvgIpc) is 2.51. The molecule has 1 aromatic heterocycles. The van der Waals surface area contributed by atoms with E-state index in [9.17, 15) is 4.79 Å². The fraction of sp³-hybridized carbons (Fsp3) is 0.263. The Morgan fingerprint density at radius 3 is 2.04 bits per heavy atom. The predicted molar refractivity (Wildman–Crippen MR) is 96.9 cm³/mol. The van der Waals surface area contributed by atoms with Gasteiger partial charge in [0.05, 0.1) is 11.0 Å². The zero-order valence-corrected chi connectivity index (χ0v) is 13.9. The summed E-state index contributed by atoms with van der Waals surface area (Å²) in [6, 6.07) is 14.1. The summed E-state index contributed by atoms with van der Waals surface area (Å²) in [5.74, 6) is -0.00453. The number of amides is 1. The molecule has 4 heteroatoms.